The van der Waals surface area contributed by atoms with Gasteiger partial charge in [0.25, 0.3) is 6.43 Å². The van der Waals surface area contributed by atoms with E-state index < -0.39 is 18.5 Å². The maximum Gasteiger partial charge on any atom is 0.253 e. The Labute approximate surface area is 232 Å². The largest absolute Gasteiger partial charge is 0.366 e. The summed E-state index contributed by atoms with van der Waals surface area (Å²) in [4.78, 5) is 28.4. The Balaban J connectivity index is 1.15. The van der Waals surface area contributed by atoms with Crippen LogP contribution < -0.4 is 26.6 Å². The zero-order valence-corrected chi connectivity index (χ0v) is 23.6. The molecule has 5 rings (SSSR count). The van der Waals surface area contributed by atoms with E-state index in [0.29, 0.717) is 51.5 Å². The summed E-state index contributed by atoms with van der Waals surface area (Å²) in [5.41, 5.74) is -0.228. The summed E-state index contributed by atoms with van der Waals surface area (Å²) < 4.78 is 32.0. The molecule has 0 radical (unpaired) electrons. The summed E-state index contributed by atoms with van der Waals surface area (Å²) >= 11 is 8.13. The third-order valence-corrected chi connectivity index (χ3v) is 10.7. The van der Waals surface area contributed by atoms with Crippen molar-refractivity contribution in [3.63, 3.8) is 0 Å². The quantitative estimate of drug-likeness (QED) is 0.296. The molecule has 38 heavy (non-hydrogen) atoms. The number of halogens is 3. The van der Waals surface area contributed by atoms with Gasteiger partial charge in [0.15, 0.2) is 0 Å². The number of ether oxygens (including phenoxy) is 1. The van der Waals surface area contributed by atoms with Gasteiger partial charge in [-0.1, -0.05) is 0 Å². The van der Waals surface area contributed by atoms with Crippen molar-refractivity contribution in [2.45, 2.75) is 92.0 Å². The van der Waals surface area contributed by atoms with Crippen LogP contribution in [0.3, 0.4) is 0 Å². The molecule has 11 atom stereocenters. The molecule has 0 aromatic carbocycles. The van der Waals surface area contributed by atoms with Crippen LogP contribution in [0.4, 0.5) is 8.78 Å². The maximum atomic E-state index is 13.5. The SMILES string of the molecule is COC1NCC(Cl)CC1C1CC(C)NCC1C(=O)NC1NC2CN(C(=O)C3CCCC(C(F)F)N3)CC2S1. The van der Waals surface area contributed by atoms with Crippen molar-refractivity contribution in [2.24, 2.45) is 17.8 Å². The number of thioether (sulfide) groups is 1. The summed E-state index contributed by atoms with van der Waals surface area (Å²) in [6, 6.07) is -1.08. The number of nitrogens with zero attached hydrogens (tertiary/aromatic N) is 1. The number of carbonyl (C=O) groups is 2. The van der Waals surface area contributed by atoms with Crippen molar-refractivity contribution in [3.05, 3.63) is 0 Å². The topological polar surface area (TPSA) is 107 Å². The number of piperidine rings is 3. The summed E-state index contributed by atoms with van der Waals surface area (Å²) in [5.74, 6) is 0.0217. The Hall–Kier alpha value is -0.760. The highest BCUT2D eigenvalue weighted by molar-refractivity contribution is 8.00. The monoisotopic (exact) mass is 578 g/mol. The van der Waals surface area contributed by atoms with E-state index in [1.54, 1.807) is 23.8 Å². The Morgan fingerprint density at radius 1 is 1.11 bits per heavy atom. The lowest BCUT2D eigenvalue weighted by Gasteiger charge is -2.45. The summed E-state index contributed by atoms with van der Waals surface area (Å²) in [6.45, 7) is 4.53. The fraction of sp³-hybridized carbons (Fsp3) is 0.920. The second-order valence-electron chi connectivity index (χ2n) is 11.5. The van der Waals surface area contributed by atoms with Crippen molar-refractivity contribution in [3.8, 4) is 0 Å². The van der Waals surface area contributed by atoms with Gasteiger partial charge >= 0.3 is 0 Å². The summed E-state index contributed by atoms with van der Waals surface area (Å²) in [6.07, 6.45) is 0.731. The molecule has 216 valence electrons. The van der Waals surface area contributed by atoms with Gasteiger partial charge in [0, 0.05) is 61.9 Å². The minimum Gasteiger partial charge on any atom is -0.366 e. The molecule has 5 aliphatic rings. The van der Waals surface area contributed by atoms with Gasteiger partial charge in [-0.15, -0.1) is 23.4 Å². The Morgan fingerprint density at radius 2 is 1.92 bits per heavy atom. The molecule has 11 unspecified atom stereocenters. The minimum absolute atomic E-state index is 0.0162. The van der Waals surface area contributed by atoms with E-state index >= 15 is 0 Å². The molecule has 5 heterocycles. The predicted molar refractivity (Wildman–Crippen MR) is 143 cm³/mol. The Morgan fingerprint density at radius 3 is 2.66 bits per heavy atom. The van der Waals surface area contributed by atoms with E-state index in [-0.39, 0.29) is 58.0 Å². The molecular weight excluding hydrogens is 538 g/mol. The van der Waals surface area contributed by atoms with Crippen LogP contribution in [0.15, 0.2) is 0 Å². The van der Waals surface area contributed by atoms with Gasteiger partial charge in [0.1, 0.15) is 11.7 Å². The molecule has 0 aliphatic carbocycles. The molecule has 5 aliphatic heterocycles. The molecule has 5 fully saturated rings. The van der Waals surface area contributed by atoms with Gasteiger partial charge in [-0.2, -0.15) is 0 Å². The fourth-order valence-electron chi connectivity index (χ4n) is 7.00. The highest BCUT2D eigenvalue weighted by atomic mass is 35.5. The van der Waals surface area contributed by atoms with E-state index in [0.717, 1.165) is 12.8 Å². The van der Waals surface area contributed by atoms with E-state index in [1.807, 2.05) is 0 Å². The molecule has 2 amide bonds. The second kappa shape index (κ2) is 12.4. The number of nitrogens with one attached hydrogen (secondary N) is 5. The van der Waals surface area contributed by atoms with Crippen LogP contribution in [0.1, 0.15) is 39.0 Å². The van der Waals surface area contributed by atoms with Crippen molar-refractivity contribution < 1.29 is 23.1 Å². The molecule has 13 heteroatoms. The van der Waals surface area contributed by atoms with Crippen molar-refractivity contribution in [2.75, 3.05) is 33.3 Å². The molecule has 0 bridgehead atoms. The van der Waals surface area contributed by atoms with Gasteiger partial charge in [0.2, 0.25) is 11.8 Å². The van der Waals surface area contributed by atoms with Crippen LogP contribution in [0.5, 0.6) is 0 Å². The number of methoxy groups -OCH3 is 1. The van der Waals surface area contributed by atoms with E-state index in [4.69, 9.17) is 16.3 Å². The number of hydrogen-bond donors (Lipinski definition) is 5. The lowest BCUT2D eigenvalue weighted by Crippen LogP contribution is -2.58. The van der Waals surface area contributed by atoms with Gasteiger partial charge in [0.05, 0.1) is 18.0 Å². The fourth-order valence-corrected chi connectivity index (χ4v) is 8.71. The number of rotatable bonds is 6. The number of amides is 2. The number of likely N-dealkylation sites (tertiary alicyclic amines) is 1. The zero-order chi connectivity index (χ0) is 27.0. The standard InChI is InChI=1S/C25H41ClF2N6O3S/c1-12-6-14(15-7-13(26)8-30-23(15)37-2)16(9-29-12)22(35)33-25-32-19-10-34(11-20(19)38-25)24(36)18-5-3-4-17(31-18)21(27)28/h12-21,23,25,29-32H,3-11H2,1-2H3,(H,33,35). The van der Waals surface area contributed by atoms with Crippen LogP contribution >= 0.6 is 23.4 Å². The normalized spacial score (nSPS) is 43.7. The average molecular weight is 579 g/mol. The highest BCUT2D eigenvalue weighted by Crippen LogP contribution is 2.38. The lowest BCUT2D eigenvalue weighted by atomic mass is 9.71. The van der Waals surface area contributed by atoms with E-state index in [2.05, 4.69) is 33.5 Å². The number of hydrogen-bond acceptors (Lipinski definition) is 8. The first-order chi connectivity index (χ1) is 18.2. The maximum absolute atomic E-state index is 13.5. The van der Waals surface area contributed by atoms with Crippen LogP contribution in [-0.2, 0) is 14.3 Å². The van der Waals surface area contributed by atoms with Crippen molar-refractivity contribution >= 4 is 35.2 Å². The Bertz CT molecular complexity index is 850. The zero-order valence-electron chi connectivity index (χ0n) is 22.0. The molecule has 9 nitrogen and oxygen atoms in total. The molecule has 5 saturated heterocycles. The Kier molecular flexibility index (Phi) is 9.39. The molecule has 0 aromatic heterocycles. The first-order valence-corrected chi connectivity index (χ1v) is 15.3. The number of carbonyl (C=O) groups excluding carboxylic acids is 2. The number of alkyl halides is 3. The van der Waals surface area contributed by atoms with Crippen molar-refractivity contribution in [1.82, 2.24) is 31.5 Å². The summed E-state index contributed by atoms with van der Waals surface area (Å²) in [5, 5.41) is 16.6. The van der Waals surface area contributed by atoms with E-state index in [1.165, 1.54) is 0 Å². The lowest BCUT2D eigenvalue weighted by molar-refractivity contribution is -0.134. The highest BCUT2D eigenvalue weighted by Gasteiger charge is 2.47. The van der Waals surface area contributed by atoms with Crippen LogP contribution in [-0.4, -0.2) is 103 Å². The first-order valence-electron chi connectivity index (χ1n) is 13.9. The van der Waals surface area contributed by atoms with Gasteiger partial charge in [-0.25, -0.2) is 8.78 Å². The third kappa shape index (κ3) is 6.26. The molecule has 5 N–H and O–H groups in total. The van der Waals surface area contributed by atoms with Crippen LogP contribution in [0.25, 0.3) is 0 Å². The van der Waals surface area contributed by atoms with Crippen LogP contribution in [0, 0.1) is 17.8 Å². The smallest absolute Gasteiger partial charge is 0.253 e. The van der Waals surface area contributed by atoms with Gasteiger partial charge < -0.3 is 20.3 Å². The predicted octanol–water partition coefficient (Wildman–Crippen LogP) is 0.881. The van der Waals surface area contributed by atoms with Gasteiger partial charge in [-0.05, 0) is 44.9 Å². The third-order valence-electron chi connectivity index (χ3n) is 8.98. The van der Waals surface area contributed by atoms with E-state index in [9.17, 15) is 18.4 Å². The molecule has 0 spiro atoms. The average Bonchev–Trinajstić information content (AvgIpc) is 3.47. The molecular formula is C25H41ClF2N6O3S. The van der Waals surface area contributed by atoms with Crippen LogP contribution in [0.2, 0.25) is 0 Å². The van der Waals surface area contributed by atoms with Crippen molar-refractivity contribution in [1.29, 1.82) is 0 Å². The molecule has 0 aromatic rings. The molecule has 0 saturated carbocycles. The minimum atomic E-state index is -2.46. The first kappa shape index (κ1) is 28.8. The summed E-state index contributed by atoms with van der Waals surface area (Å²) in [7, 11) is 1.70. The second-order valence-corrected chi connectivity index (χ2v) is 13.5. The number of fused-ring (bicyclic) bond motifs is 1. The van der Waals surface area contributed by atoms with Gasteiger partial charge in [-0.3, -0.25) is 25.5 Å².